The van der Waals surface area contributed by atoms with E-state index >= 15 is 0 Å². The topological polar surface area (TPSA) is 96.9 Å². The van der Waals surface area contributed by atoms with Crippen molar-refractivity contribution in [1.82, 2.24) is 5.43 Å². The third-order valence-corrected chi connectivity index (χ3v) is 2.74. The Balaban J connectivity index is 1.99. The molecular weight excluding hydrogens is 234 g/mol. The molecule has 1 aliphatic rings. The summed E-state index contributed by atoms with van der Waals surface area (Å²) in [5.41, 5.74) is 7.38. The Bertz CT molecular complexity index is 470. The maximum atomic E-state index is 10.4. The minimum atomic E-state index is -0.754. The van der Waals surface area contributed by atoms with Gasteiger partial charge in [-0.25, -0.2) is 10.2 Å². The molecule has 0 unspecified atom stereocenters. The molecule has 96 valence electrons. The van der Waals surface area contributed by atoms with E-state index in [4.69, 9.17) is 10.5 Å². The molecule has 1 aromatic carbocycles. The number of phenolic OH excluding ortho intramolecular Hbond substituents is 1. The third-order valence-electron chi connectivity index (χ3n) is 2.74. The first-order valence-electron chi connectivity index (χ1n) is 5.73. The van der Waals surface area contributed by atoms with Crippen molar-refractivity contribution in [2.75, 3.05) is 0 Å². The van der Waals surface area contributed by atoms with Crippen molar-refractivity contribution in [3.8, 4) is 11.5 Å². The average molecular weight is 249 g/mol. The van der Waals surface area contributed by atoms with Gasteiger partial charge in [-0.2, -0.15) is 5.10 Å². The number of phenols is 1. The summed E-state index contributed by atoms with van der Waals surface area (Å²) in [5.74, 6) is 0.680. The molecule has 0 aliphatic heterocycles. The van der Waals surface area contributed by atoms with E-state index in [9.17, 15) is 9.90 Å². The van der Waals surface area contributed by atoms with Crippen molar-refractivity contribution < 1.29 is 14.6 Å². The first kappa shape index (κ1) is 12.2. The number of benzene rings is 1. The van der Waals surface area contributed by atoms with Crippen molar-refractivity contribution in [3.05, 3.63) is 23.8 Å². The number of amides is 2. The molecule has 1 fully saturated rings. The number of nitrogens with two attached hydrogens (primary N) is 1. The number of hydrazone groups is 1. The molecule has 2 rings (SSSR count). The van der Waals surface area contributed by atoms with Crippen LogP contribution in [0.15, 0.2) is 23.3 Å². The molecule has 0 saturated heterocycles. The van der Waals surface area contributed by atoms with Gasteiger partial charge in [0.15, 0.2) is 0 Å². The summed E-state index contributed by atoms with van der Waals surface area (Å²) in [6.45, 7) is 0. The maximum Gasteiger partial charge on any atom is 0.332 e. The van der Waals surface area contributed by atoms with Gasteiger partial charge in [0.1, 0.15) is 11.5 Å². The number of carbonyl (C=O) groups is 1. The monoisotopic (exact) mass is 249 g/mol. The van der Waals surface area contributed by atoms with Gasteiger partial charge in [0.2, 0.25) is 0 Å². The largest absolute Gasteiger partial charge is 0.507 e. The van der Waals surface area contributed by atoms with Crippen LogP contribution in [0.1, 0.15) is 24.8 Å². The normalized spacial score (nSPS) is 15.3. The number of ether oxygens (including phenoxy) is 1. The number of rotatable bonds is 4. The third kappa shape index (κ3) is 3.13. The SMILES string of the molecule is NC(=O)NN=Cc1ccc(OC2CCC2)cc1O. The summed E-state index contributed by atoms with van der Waals surface area (Å²) < 4.78 is 5.63. The van der Waals surface area contributed by atoms with E-state index in [1.54, 1.807) is 12.1 Å². The number of primary amides is 1. The van der Waals surface area contributed by atoms with Crippen molar-refractivity contribution in [1.29, 1.82) is 0 Å². The Morgan fingerprint density at radius 2 is 2.33 bits per heavy atom. The number of aromatic hydroxyl groups is 1. The Morgan fingerprint density at radius 3 is 2.89 bits per heavy atom. The highest BCUT2D eigenvalue weighted by Gasteiger charge is 2.19. The van der Waals surface area contributed by atoms with E-state index in [2.05, 4.69) is 10.5 Å². The summed E-state index contributed by atoms with van der Waals surface area (Å²) in [7, 11) is 0. The molecule has 1 aromatic rings. The zero-order valence-corrected chi connectivity index (χ0v) is 9.80. The second-order valence-electron chi connectivity index (χ2n) is 4.13. The summed E-state index contributed by atoms with van der Waals surface area (Å²) >= 11 is 0. The van der Waals surface area contributed by atoms with Crippen LogP contribution in [0.25, 0.3) is 0 Å². The minimum absolute atomic E-state index is 0.0434. The summed E-state index contributed by atoms with van der Waals surface area (Å²) in [6, 6.07) is 4.19. The van der Waals surface area contributed by atoms with E-state index < -0.39 is 6.03 Å². The summed E-state index contributed by atoms with van der Waals surface area (Å²) in [4.78, 5) is 10.4. The van der Waals surface area contributed by atoms with Gasteiger partial charge in [0.05, 0.1) is 12.3 Å². The molecule has 0 radical (unpaired) electrons. The molecule has 2 amide bonds. The van der Waals surface area contributed by atoms with E-state index in [0.29, 0.717) is 11.3 Å². The number of hydrogen-bond acceptors (Lipinski definition) is 4. The number of hydrogen-bond donors (Lipinski definition) is 3. The van der Waals surface area contributed by atoms with Crippen molar-refractivity contribution >= 4 is 12.2 Å². The minimum Gasteiger partial charge on any atom is -0.507 e. The highest BCUT2D eigenvalue weighted by Crippen LogP contribution is 2.28. The fraction of sp³-hybridized carbons (Fsp3) is 0.333. The summed E-state index contributed by atoms with van der Waals surface area (Å²) in [6.07, 6.45) is 4.90. The second kappa shape index (κ2) is 5.39. The van der Waals surface area contributed by atoms with Crippen LogP contribution >= 0.6 is 0 Å². The van der Waals surface area contributed by atoms with Gasteiger partial charge in [-0.1, -0.05) is 0 Å². The molecule has 4 N–H and O–H groups in total. The highest BCUT2D eigenvalue weighted by molar-refractivity contribution is 5.84. The molecule has 0 atom stereocenters. The lowest BCUT2D eigenvalue weighted by atomic mass is 9.96. The van der Waals surface area contributed by atoms with Gasteiger partial charge < -0.3 is 15.6 Å². The molecule has 0 aromatic heterocycles. The van der Waals surface area contributed by atoms with Gasteiger partial charge >= 0.3 is 6.03 Å². The first-order chi connectivity index (χ1) is 8.65. The van der Waals surface area contributed by atoms with Crippen LogP contribution in [-0.2, 0) is 0 Å². The fourth-order valence-corrected chi connectivity index (χ4v) is 1.55. The zero-order valence-electron chi connectivity index (χ0n) is 9.80. The van der Waals surface area contributed by atoms with Gasteiger partial charge in [-0.05, 0) is 31.4 Å². The van der Waals surface area contributed by atoms with E-state index in [0.717, 1.165) is 12.8 Å². The fourth-order valence-electron chi connectivity index (χ4n) is 1.55. The van der Waals surface area contributed by atoms with E-state index in [1.165, 1.54) is 18.7 Å². The lowest BCUT2D eigenvalue weighted by Crippen LogP contribution is -2.24. The standard InChI is InChI=1S/C12H15N3O3/c13-12(17)15-14-7-8-4-5-10(6-11(8)16)18-9-2-1-3-9/h4-7,9,16H,1-3H2,(H3,13,15,17). The lowest BCUT2D eigenvalue weighted by molar-refractivity contribution is 0.120. The van der Waals surface area contributed by atoms with Crippen LogP contribution in [0.4, 0.5) is 4.79 Å². The predicted octanol–water partition coefficient (Wildman–Crippen LogP) is 1.33. The number of nitrogens with zero attached hydrogens (tertiary/aromatic N) is 1. The lowest BCUT2D eigenvalue weighted by Gasteiger charge is -2.26. The first-order valence-corrected chi connectivity index (χ1v) is 5.73. The van der Waals surface area contributed by atoms with Crippen LogP contribution in [0.5, 0.6) is 11.5 Å². The smallest absolute Gasteiger partial charge is 0.332 e. The van der Waals surface area contributed by atoms with Crippen LogP contribution in [-0.4, -0.2) is 23.5 Å². The predicted molar refractivity (Wildman–Crippen MR) is 66.7 cm³/mol. The molecule has 6 heteroatoms. The zero-order chi connectivity index (χ0) is 13.0. The van der Waals surface area contributed by atoms with Gasteiger partial charge in [0.25, 0.3) is 0 Å². The van der Waals surface area contributed by atoms with Crippen molar-refractivity contribution in [2.24, 2.45) is 10.8 Å². The number of nitrogens with one attached hydrogen (secondary N) is 1. The molecule has 1 aliphatic carbocycles. The van der Waals surface area contributed by atoms with Gasteiger partial charge in [-0.15, -0.1) is 0 Å². The van der Waals surface area contributed by atoms with Crippen molar-refractivity contribution in [3.63, 3.8) is 0 Å². The molecule has 18 heavy (non-hydrogen) atoms. The van der Waals surface area contributed by atoms with Crippen molar-refractivity contribution in [2.45, 2.75) is 25.4 Å². The molecular formula is C12H15N3O3. The Kier molecular flexibility index (Phi) is 3.66. The Morgan fingerprint density at radius 1 is 1.56 bits per heavy atom. The molecule has 0 heterocycles. The van der Waals surface area contributed by atoms with E-state index in [1.807, 2.05) is 0 Å². The van der Waals surface area contributed by atoms with Crippen LogP contribution < -0.4 is 15.9 Å². The average Bonchev–Trinajstić information content (AvgIpc) is 2.26. The van der Waals surface area contributed by atoms with Crippen LogP contribution in [0.2, 0.25) is 0 Å². The molecule has 6 nitrogen and oxygen atoms in total. The van der Waals surface area contributed by atoms with Gasteiger partial charge in [0, 0.05) is 11.6 Å². The van der Waals surface area contributed by atoms with Gasteiger partial charge in [-0.3, -0.25) is 0 Å². The van der Waals surface area contributed by atoms with Crippen LogP contribution in [0, 0.1) is 0 Å². The Labute approximate surface area is 104 Å². The molecule has 0 bridgehead atoms. The summed E-state index contributed by atoms with van der Waals surface area (Å²) in [5, 5.41) is 13.3. The maximum absolute atomic E-state index is 10.4. The quantitative estimate of drug-likeness (QED) is 0.554. The molecule has 1 saturated carbocycles. The number of carbonyl (C=O) groups excluding carboxylic acids is 1. The highest BCUT2D eigenvalue weighted by atomic mass is 16.5. The second-order valence-corrected chi connectivity index (χ2v) is 4.13. The number of urea groups is 1. The van der Waals surface area contributed by atoms with E-state index in [-0.39, 0.29) is 11.9 Å². The molecule has 0 spiro atoms. The Hall–Kier alpha value is -2.24. The van der Waals surface area contributed by atoms with Crippen LogP contribution in [0.3, 0.4) is 0 Å².